The molecule has 1 amide bonds. The standard InChI is InChI=1S/C27H35ClF4N8O2/c1-37-7-9-38(10-8-37)25(41)19-4-6-39(24-22(29)23(33)34-15-35-24)14-21(19)40-5-2-3-20(26(40)42)36-18-12-16(27(30,31)32)11-17(28)13-18/h11-13,15,19-21,25,36,41H,2-10,14H2,1H3,(H2,33,34,35)/t19-,20-,21-,25?/m0/s1. The topological polar surface area (TPSA) is 114 Å². The molecule has 1 aromatic heterocycles. The van der Waals surface area contributed by atoms with Crippen molar-refractivity contribution in [2.75, 3.05) is 68.8 Å². The van der Waals surface area contributed by atoms with Gasteiger partial charge in [-0.1, -0.05) is 11.6 Å². The van der Waals surface area contributed by atoms with Gasteiger partial charge in [-0.05, 0) is 44.5 Å². The molecule has 4 atom stereocenters. The van der Waals surface area contributed by atoms with Gasteiger partial charge in [0.1, 0.15) is 18.6 Å². The number of halogens is 5. The molecule has 2 aromatic rings. The quantitative estimate of drug-likeness (QED) is 0.423. The normalized spacial score (nSPS) is 25.5. The number of benzene rings is 1. The minimum absolute atomic E-state index is 0.0257. The van der Waals surface area contributed by atoms with Crippen molar-refractivity contribution < 1.29 is 27.5 Å². The summed E-state index contributed by atoms with van der Waals surface area (Å²) in [6.07, 6.45) is -2.81. The highest BCUT2D eigenvalue weighted by Crippen LogP contribution is 2.36. The van der Waals surface area contributed by atoms with Crippen molar-refractivity contribution in [2.45, 2.75) is 43.8 Å². The number of carbonyl (C=O) groups is 1. The van der Waals surface area contributed by atoms with Crippen molar-refractivity contribution in [3.8, 4) is 0 Å². The molecule has 230 valence electrons. The van der Waals surface area contributed by atoms with E-state index >= 15 is 0 Å². The van der Waals surface area contributed by atoms with Crippen LogP contribution in [-0.4, -0.2) is 107 Å². The van der Waals surface area contributed by atoms with Crippen LogP contribution in [0, 0.1) is 11.7 Å². The van der Waals surface area contributed by atoms with Crippen LogP contribution >= 0.6 is 11.6 Å². The number of rotatable bonds is 6. The van der Waals surface area contributed by atoms with Crippen LogP contribution in [0.3, 0.4) is 0 Å². The number of nitrogens with zero attached hydrogens (tertiary/aromatic N) is 6. The Hall–Kier alpha value is -2.94. The summed E-state index contributed by atoms with van der Waals surface area (Å²) in [5, 5.41) is 14.4. The number of anilines is 3. The lowest BCUT2D eigenvalue weighted by Gasteiger charge is -2.50. The molecule has 4 heterocycles. The molecule has 0 radical (unpaired) electrons. The zero-order valence-electron chi connectivity index (χ0n) is 23.2. The second-order valence-corrected chi connectivity index (χ2v) is 11.6. The molecule has 4 N–H and O–H groups in total. The van der Waals surface area contributed by atoms with E-state index in [-0.39, 0.29) is 40.7 Å². The van der Waals surface area contributed by atoms with Gasteiger partial charge in [-0.25, -0.2) is 9.97 Å². The molecule has 1 aromatic carbocycles. The molecule has 3 aliphatic heterocycles. The van der Waals surface area contributed by atoms with E-state index in [1.807, 2.05) is 11.9 Å². The smallest absolute Gasteiger partial charge is 0.381 e. The highest BCUT2D eigenvalue weighted by molar-refractivity contribution is 6.31. The lowest BCUT2D eigenvalue weighted by molar-refractivity contribution is -0.143. The lowest BCUT2D eigenvalue weighted by atomic mass is 9.86. The number of alkyl halides is 3. The number of aliphatic hydroxyl groups excluding tert-OH is 1. The highest BCUT2D eigenvalue weighted by Gasteiger charge is 2.44. The number of nitrogens with two attached hydrogens (primary N) is 1. The van der Waals surface area contributed by atoms with Gasteiger partial charge in [-0.2, -0.15) is 17.6 Å². The fourth-order valence-corrected chi connectivity index (χ4v) is 6.41. The van der Waals surface area contributed by atoms with E-state index in [0.717, 1.165) is 25.2 Å². The van der Waals surface area contributed by atoms with Gasteiger partial charge in [0.15, 0.2) is 11.6 Å². The zero-order chi connectivity index (χ0) is 30.2. The van der Waals surface area contributed by atoms with Gasteiger partial charge in [-0.3, -0.25) is 9.69 Å². The number of piperidine rings is 2. The van der Waals surface area contributed by atoms with E-state index in [9.17, 15) is 27.5 Å². The third kappa shape index (κ3) is 6.51. The van der Waals surface area contributed by atoms with Crippen molar-refractivity contribution in [2.24, 2.45) is 5.92 Å². The van der Waals surface area contributed by atoms with Crippen molar-refractivity contribution in [1.29, 1.82) is 0 Å². The van der Waals surface area contributed by atoms with Gasteiger partial charge in [0, 0.05) is 62.4 Å². The summed E-state index contributed by atoms with van der Waals surface area (Å²) in [4.78, 5) is 29.3. The van der Waals surface area contributed by atoms with Crippen molar-refractivity contribution in [3.05, 3.63) is 40.9 Å². The largest absolute Gasteiger partial charge is 0.416 e. The average molecular weight is 615 g/mol. The first-order valence-corrected chi connectivity index (χ1v) is 14.4. The van der Waals surface area contributed by atoms with E-state index in [1.54, 1.807) is 9.80 Å². The number of nitrogen functional groups attached to an aromatic ring is 1. The molecule has 5 rings (SSSR count). The molecule has 0 aliphatic carbocycles. The Morgan fingerprint density at radius 1 is 1.10 bits per heavy atom. The van der Waals surface area contributed by atoms with E-state index in [2.05, 4.69) is 20.2 Å². The third-order valence-corrected chi connectivity index (χ3v) is 8.68. The fraction of sp³-hybridized carbons (Fsp3) is 0.593. The number of aromatic nitrogens is 2. The summed E-state index contributed by atoms with van der Waals surface area (Å²) in [7, 11) is 2.02. The minimum atomic E-state index is -4.60. The monoisotopic (exact) mass is 614 g/mol. The van der Waals surface area contributed by atoms with Crippen LogP contribution in [-0.2, 0) is 11.0 Å². The third-order valence-electron chi connectivity index (χ3n) is 8.47. The SMILES string of the molecule is CN1CCN(C(O)[C@H]2CCN(c3ncnc(N)c3F)C[C@@H]2N2CCC[C@H](Nc3cc(Cl)cc(C(F)(F)F)c3)C2=O)CC1. The predicted octanol–water partition coefficient (Wildman–Crippen LogP) is 2.73. The number of hydrogen-bond acceptors (Lipinski definition) is 9. The van der Waals surface area contributed by atoms with Gasteiger partial charge >= 0.3 is 6.18 Å². The van der Waals surface area contributed by atoms with Gasteiger partial charge in [0.25, 0.3) is 0 Å². The molecule has 3 saturated heterocycles. The Morgan fingerprint density at radius 3 is 2.55 bits per heavy atom. The summed E-state index contributed by atoms with van der Waals surface area (Å²) < 4.78 is 55.1. The molecule has 15 heteroatoms. The van der Waals surface area contributed by atoms with Gasteiger partial charge in [0.2, 0.25) is 11.7 Å². The first-order chi connectivity index (χ1) is 19.9. The van der Waals surface area contributed by atoms with E-state index in [4.69, 9.17) is 17.3 Å². The van der Waals surface area contributed by atoms with Gasteiger partial charge in [0.05, 0.1) is 11.6 Å². The number of likely N-dealkylation sites (N-methyl/N-ethyl adjacent to an activating group) is 1. The Balaban J connectivity index is 1.41. The maximum absolute atomic E-state index is 14.9. The first kappa shape index (κ1) is 30.5. The number of likely N-dealkylation sites (tertiary alicyclic amines) is 1. The summed E-state index contributed by atoms with van der Waals surface area (Å²) in [6, 6.07) is 1.80. The molecular formula is C27H35ClF4N8O2. The fourth-order valence-electron chi connectivity index (χ4n) is 6.17. The van der Waals surface area contributed by atoms with Crippen molar-refractivity contribution in [3.63, 3.8) is 0 Å². The van der Waals surface area contributed by atoms with Crippen LogP contribution in [0.15, 0.2) is 24.5 Å². The molecular weight excluding hydrogens is 580 g/mol. The number of aliphatic hydroxyl groups is 1. The average Bonchev–Trinajstić information content (AvgIpc) is 2.95. The van der Waals surface area contributed by atoms with E-state index in [1.165, 1.54) is 12.4 Å². The number of amides is 1. The van der Waals surface area contributed by atoms with Crippen molar-refractivity contribution >= 4 is 34.8 Å². The Bertz CT molecular complexity index is 1280. The number of piperazine rings is 1. The first-order valence-electron chi connectivity index (χ1n) is 14.0. The molecule has 0 saturated carbocycles. The molecule has 3 aliphatic rings. The Kier molecular flexibility index (Phi) is 8.97. The second-order valence-electron chi connectivity index (χ2n) is 11.2. The summed E-state index contributed by atoms with van der Waals surface area (Å²) >= 11 is 5.97. The Morgan fingerprint density at radius 2 is 1.83 bits per heavy atom. The molecule has 0 spiro atoms. The highest BCUT2D eigenvalue weighted by atomic mass is 35.5. The Labute approximate surface area is 246 Å². The minimum Gasteiger partial charge on any atom is -0.381 e. The van der Waals surface area contributed by atoms with Crippen LogP contribution < -0.4 is 16.0 Å². The van der Waals surface area contributed by atoms with Gasteiger partial charge < -0.3 is 30.9 Å². The van der Waals surface area contributed by atoms with Crippen LogP contribution in [0.4, 0.5) is 34.9 Å². The van der Waals surface area contributed by atoms with Crippen LogP contribution in [0.1, 0.15) is 24.8 Å². The summed E-state index contributed by atoms with van der Waals surface area (Å²) in [5.41, 5.74) is 4.87. The molecule has 0 bridgehead atoms. The summed E-state index contributed by atoms with van der Waals surface area (Å²) in [5.74, 6) is -1.66. The maximum Gasteiger partial charge on any atom is 0.416 e. The van der Waals surface area contributed by atoms with Crippen LogP contribution in [0.25, 0.3) is 0 Å². The molecule has 10 nitrogen and oxygen atoms in total. The molecule has 3 fully saturated rings. The number of carbonyl (C=O) groups excluding carboxylic acids is 1. The van der Waals surface area contributed by atoms with Crippen molar-refractivity contribution in [1.82, 2.24) is 24.7 Å². The molecule has 1 unspecified atom stereocenters. The second kappa shape index (κ2) is 12.3. The van der Waals surface area contributed by atoms with Crippen LogP contribution in [0.5, 0.6) is 0 Å². The zero-order valence-corrected chi connectivity index (χ0v) is 24.0. The van der Waals surface area contributed by atoms with E-state index < -0.39 is 35.9 Å². The maximum atomic E-state index is 14.9. The number of hydrogen-bond donors (Lipinski definition) is 3. The van der Waals surface area contributed by atoms with E-state index in [0.29, 0.717) is 45.4 Å². The molecule has 42 heavy (non-hydrogen) atoms. The van der Waals surface area contributed by atoms with Gasteiger partial charge in [-0.15, -0.1) is 0 Å². The predicted molar refractivity (Wildman–Crippen MR) is 150 cm³/mol. The number of nitrogens with one attached hydrogen (secondary N) is 1. The van der Waals surface area contributed by atoms with Crippen LogP contribution in [0.2, 0.25) is 5.02 Å². The lowest BCUT2D eigenvalue weighted by Crippen LogP contribution is -2.64. The summed E-state index contributed by atoms with van der Waals surface area (Å²) in [6.45, 7) is 3.87.